The van der Waals surface area contributed by atoms with Crippen LogP contribution in [0.2, 0.25) is 0 Å². The predicted octanol–water partition coefficient (Wildman–Crippen LogP) is 3.06. The second-order valence-electron chi connectivity index (χ2n) is 5.81. The zero-order valence-corrected chi connectivity index (χ0v) is 11.9. The summed E-state index contributed by atoms with van der Waals surface area (Å²) >= 11 is 0. The van der Waals surface area contributed by atoms with Crippen molar-refractivity contribution in [1.82, 2.24) is 9.55 Å². The quantitative estimate of drug-likeness (QED) is 0.904. The number of aryl methyl sites for hydroxylation is 2. The molecule has 1 unspecified atom stereocenters. The monoisotopic (exact) mass is 246 g/mol. The van der Waals surface area contributed by atoms with E-state index in [1.807, 2.05) is 31.7 Å². The van der Waals surface area contributed by atoms with Gasteiger partial charge >= 0.3 is 0 Å². The molecule has 0 aliphatic heterocycles. The summed E-state index contributed by atoms with van der Waals surface area (Å²) in [5, 5.41) is 10.4. The lowest BCUT2D eigenvalue weighted by atomic mass is 9.92. The van der Waals surface area contributed by atoms with E-state index in [9.17, 15) is 5.11 Å². The Kier molecular flexibility index (Phi) is 3.20. The summed E-state index contributed by atoms with van der Waals surface area (Å²) in [6.07, 6.45) is 1.82. The van der Waals surface area contributed by atoms with Crippen LogP contribution in [0.1, 0.15) is 31.9 Å². The molecular weight excluding hydrogens is 224 g/mol. The van der Waals surface area contributed by atoms with Crippen molar-refractivity contribution in [3.8, 4) is 0 Å². The van der Waals surface area contributed by atoms with Crippen LogP contribution >= 0.6 is 0 Å². The standard InChI is InChI=1S/C15H22N2O/c1-10(2)15(5,18)8-17-9-16-13-6-11(3)12(4)7-14(13)17/h6-7,9-10,18H,8H2,1-5H3. The molecule has 0 radical (unpaired) electrons. The van der Waals surface area contributed by atoms with Gasteiger partial charge in [0.15, 0.2) is 0 Å². The first-order valence-electron chi connectivity index (χ1n) is 6.46. The Balaban J connectivity index is 2.44. The van der Waals surface area contributed by atoms with E-state index >= 15 is 0 Å². The Bertz CT molecular complexity index is 567. The first-order chi connectivity index (χ1) is 8.31. The highest BCUT2D eigenvalue weighted by Crippen LogP contribution is 2.23. The number of hydrogen-bond acceptors (Lipinski definition) is 2. The molecule has 0 fully saturated rings. The summed E-state index contributed by atoms with van der Waals surface area (Å²) in [5.41, 5.74) is 3.89. The van der Waals surface area contributed by atoms with E-state index in [0.29, 0.717) is 6.54 Å². The minimum Gasteiger partial charge on any atom is -0.388 e. The minimum atomic E-state index is -0.716. The molecule has 0 aliphatic carbocycles. The zero-order chi connectivity index (χ0) is 13.5. The Labute approximate surface area is 108 Å². The Morgan fingerprint density at radius 2 is 1.89 bits per heavy atom. The van der Waals surface area contributed by atoms with Gasteiger partial charge < -0.3 is 9.67 Å². The molecule has 0 bridgehead atoms. The van der Waals surface area contributed by atoms with Gasteiger partial charge in [0.05, 0.1) is 29.5 Å². The van der Waals surface area contributed by atoms with Crippen LogP contribution < -0.4 is 0 Å². The molecule has 0 spiro atoms. The fourth-order valence-corrected chi connectivity index (χ4v) is 1.97. The van der Waals surface area contributed by atoms with Crippen molar-refractivity contribution >= 4 is 11.0 Å². The molecule has 2 aromatic rings. The molecule has 0 saturated carbocycles. The van der Waals surface area contributed by atoms with E-state index in [0.717, 1.165) is 11.0 Å². The molecule has 18 heavy (non-hydrogen) atoms. The van der Waals surface area contributed by atoms with Crippen LogP contribution in [0, 0.1) is 19.8 Å². The van der Waals surface area contributed by atoms with Crippen LogP contribution in [0.4, 0.5) is 0 Å². The second kappa shape index (κ2) is 4.39. The lowest BCUT2D eigenvalue weighted by Gasteiger charge is -2.28. The maximum absolute atomic E-state index is 10.4. The Morgan fingerprint density at radius 1 is 1.28 bits per heavy atom. The lowest BCUT2D eigenvalue weighted by Crippen LogP contribution is -2.35. The van der Waals surface area contributed by atoms with Crippen molar-refractivity contribution < 1.29 is 5.11 Å². The van der Waals surface area contributed by atoms with Crippen LogP contribution in [0.15, 0.2) is 18.5 Å². The second-order valence-corrected chi connectivity index (χ2v) is 5.81. The largest absolute Gasteiger partial charge is 0.388 e. The fraction of sp³-hybridized carbons (Fsp3) is 0.533. The van der Waals surface area contributed by atoms with Crippen molar-refractivity contribution in [2.24, 2.45) is 5.92 Å². The summed E-state index contributed by atoms with van der Waals surface area (Å²) < 4.78 is 2.04. The molecule has 3 heteroatoms. The van der Waals surface area contributed by atoms with Gasteiger partial charge in [-0.15, -0.1) is 0 Å². The van der Waals surface area contributed by atoms with E-state index in [2.05, 4.69) is 31.0 Å². The van der Waals surface area contributed by atoms with Crippen molar-refractivity contribution in [3.05, 3.63) is 29.6 Å². The molecule has 98 valence electrons. The molecule has 1 heterocycles. The van der Waals surface area contributed by atoms with E-state index in [4.69, 9.17) is 0 Å². The fourth-order valence-electron chi connectivity index (χ4n) is 1.97. The molecule has 0 saturated heterocycles. The Hall–Kier alpha value is -1.35. The molecule has 0 aliphatic rings. The Morgan fingerprint density at radius 3 is 2.50 bits per heavy atom. The van der Waals surface area contributed by atoms with Crippen LogP contribution in [-0.2, 0) is 6.54 Å². The number of nitrogens with zero attached hydrogens (tertiary/aromatic N) is 2. The van der Waals surface area contributed by atoms with Gasteiger partial charge in [-0.3, -0.25) is 0 Å². The highest BCUT2D eigenvalue weighted by atomic mass is 16.3. The average molecular weight is 246 g/mol. The zero-order valence-electron chi connectivity index (χ0n) is 11.9. The highest BCUT2D eigenvalue weighted by molar-refractivity contribution is 5.77. The maximum atomic E-state index is 10.4. The first kappa shape index (κ1) is 13.1. The molecule has 1 N–H and O–H groups in total. The normalized spacial score (nSPS) is 15.3. The smallest absolute Gasteiger partial charge is 0.0959 e. The summed E-state index contributed by atoms with van der Waals surface area (Å²) in [5.74, 6) is 0.210. The van der Waals surface area contributed by atoms with E-state index in [1.165, 1.54) is 11.1 Å². The molecule has 2 rings (SSSR count). The van der Waals surface area contributed by atoms with Crippen molar-refractivity contribution in [2.45, 2.75) is 46.8 Å². The molecule has 1 atom stereocenters. The number of benzene rings is 1. The maximum Gasteiger partial charge on any atom is 0.0959 e. The molecule has 3 nitrogen and oxygen atoms in total. The van der Waals surface area contributed by atoms with E-state index in [-0.39, 0.29) is 5.92 Å². The number of aliphatic hydroxyl groups is 1. The van der Waals surface area contributed by atoms with Gasteiger partial charge in [0.25, 0.3) is 0 Å². The lowest BCUT2D eigenvalue weighted by molar-refractivity contribution is -0.00178. The molecule has 0 amide bonds. The van der Waals surface area contributed by atoms with Crippen LogP contribution in [-0.4, -0.2) is 20.3 Å². The van der Waals surface area contributed by atoms with Crippen LogP contribution in [0.3, 0.4) is 0 Å². The summed E-state index contributed by atoms with van der Waals surface area (Å²) in [7, 11) is 0. The third-order valence-electron chi connectivity index (χ3n) is 3.97. The van der Waals surface area contributed by atoms with Gasteiger partial charge in [-0.25, -0.2) is 4.98 Å². The van der Waals surface area contributed by atoms with Gasteiger partial charge in [-0.05, 0) is 49.9 Å². The molecule has 1 aromatic carbocycles. The summed E-state index contributed by atoms with van der Waals surface area (Å²) in [6, 6.07) is 4.25. The predicted molar refractivity (Wildman–Crippen MR) is 74.7 cm³/mol. The van der Waals surface area contributed by atoms with Gasteiger partial charge in [0, 0.05) is 0 Å². The number of aromatic nitrogens is 2. The molecule has 1 aromatic heterocycles. The molecular formula is C15H22N2O. The number of rotatable bonds is 3. The third-order valence-corrected chi connectivity index (χ3v) is 3.97. The highest BCUT2D eigenvalue weighted by Gasteiger charge is 2.26. The van der Waals surface area contributed by atoms with Crippen LogP contribution in [0.5, 0.6) is 0 Å². The van der Waals surface area contributed by atoms with E-state index in [1.54, 1.807) is 0 Å². The SMILES string of the molecule is Cc1cc2ncn(CC(C)(O)C(C)C)c2cc1C. The van der Waals surface area contributed by atoms with Gasteiger partial charge in [0.1, 0.15) is 0 Å². The van der Waals surface area contributed by atoms with Gasteiger partial charge in [-0.1, -0.05) is 13.8 Å². The van der Waals surface area contributed by atoms with E-state index < -0.39 is 5.60 Å². The number of fused-ring (bicyclic) bond motifs is 1. The van der Waals surface area contributed by atoms with Crippen molar-refractivity contribution in [3.63, 3.8) is 0 Å². The summed E-state index contributed by atoms with van der Waals surface area (Å²) in [6.45, 7) is 10.7. The van der Waals surface area contributed by atoms with Gasteiger partial charge in [0.2, 0.25) is 0 Å². The summed E-state index contributed by atoms with van der Waals surface area (Å²) in [4.78, 5) is 4.42. The van der Waals surface area contributed by atoms with Gasteiger partial charge in [-0.2, -0.15) is 0 Å². The topological polar surface area (TPSA) is 38.0 Å². The number of hydrogen-bond donors (Lipinski definition) is 1. The number of imidazole rings is 1. The third kappa shape index (κ3) is 2.27. The van der Waals surface area contributed by atoms with Crippen LogP contribution in [0.25, 0.3) is 11.0 Å². The van der Waals surface area contributed by atoms with Crippen molar-refractivity contribution in [1.29, 1.82) is 0 Å². The minimum absolute atomic E-state index is 0.210. The first-order valence-corrected chi connectivity index (χ1v) is 6.46. The van der Waals surface area contributed by atoms with Crippen molar-refractivity contribution in [2.75, 3.05) is 0 Å². The average Bonchev–Trinajstić information content (AvgIpc) is 2.61.